The lowest BCUT2D eigenvalue weighted by Gasteiger charge is -2.16. The minimum atomic E-state index is -3.76. The fourth-order valence-corrected chi connectivity index (χ4v) is 3.55. The van der Waals surface area contributed by atoms with Gasteiger partial charge in [0.15, 0.2) is 0 Å². The molecular weight excluding hydrogens is 374 g/mol. The zero-order chi connectivity index (χ0) is 19.6. The van der Waals surface area contributed by atoms with Crippen LogP contribution in [0.1, 0.15) is 13.8 Å². The van der Waals surface area contributed by atoms with E-state index in [0.717, 1.165) is 0 Å². The number of nitrogens with one attached hydrogen (secondary N) is 3. The molecule has 0 spiro atoms. The van der Waals surface area contributed by atoms with E-state index < -0.39 is 27.7 Å². The van der Waals surface area contributed by atoms with Gasteiger partial charge in [0.05, 0.1) is 10.6 Å². The van der Waals surface area contributed by atoms with Gasteiger partial charge in [-0.05, 0) is 37.3 Å². The fourth-order valence-electron chi connectivity index (χ4n) is 2.35. The first-order chi connectivity index (χ1) is 12.8. The Morgan fingerprint density at radius 3 is 2.41 bits per heavy atom. The van der Waals surface area contributed by atoms with E-state index in [0.29, 0.717) is 5.69 Å². The molecule has 144 valence electrons. The smallest absolute Gasteiger partial charge is 0.250 e. The number of sulfonamides is 1. The minimum absolute atomic E-state index is 0.0298. The summed E-state index contributed by atoms with van der Waals surface area (Å²) < 4.78 is 27.4. The van der Waals surface area contributed by atoms with Crippen molar-refractivity contribution in [3.8, 4) is 5.88 Å². The van der Waals surface area contributed by atoms with Crippen molar-refractivity contribution in [2.24, 2.45) is 16.1 Å². The van der Waals surface area contributed by atoms with Crippen LogP contribution >= 0.6 is 0 Å². The summed E-state index contributed by atoms with van der Waals surface area (Å²) in [6.45, 7) is 3.78. The third kappa shape index (κ3) is 4.39. The Labute approximate surface area is 155 Å². The van der Waals surface area contributed by atoms with Crippen LogP contribution in [0.4, 0.5) is 11.4 Å². The van der Waals surface area contributed by atoms with Crippen LogP contribution < -0.4 is 15.8 Å². The average Bonchev–Trinajstić information content (AvgIpc) is 2.93. The van der Waals surface area contributed by atoms with E-state index in [2.05, 4.69) is 25.4 Å². The normalized spacial score (nSPS) is 23.1. The van der Waals surface area contributed by atoms with E-state index >= 15 is 0 Å². The molecule has 1 aromatic carbocycles. The van der Waals surface area contributed by atoms with E-state index in [9.17, 15) is 18.3 Å². The van der Waals surface area contributed by atoms with E-state index in [-0.39, 0.29) is 22.5 Å². The number of pyridine rings is 1. The SMILES string of the molecule is C[C@@H]1[C@H](C)NO[C@@H]1NS(=O)(=O)c1ccc(N=Nc2ccc(=O)[nH]c2O)cc1. The average molecular weight is 393 g/mol. The highest BCUT2D eigenvalue weighted by Gasteiger charge is 2.34. The lowest BCUT2D eigenvalue weighted by atomic mass is 10.1. The molecule has 0 amide bonds. The molecule has 0 unspecified atom stereocenters. The molecule has 3 rings (SSSR count). The molecule has 0 aliphatic carbocycles. The first kappa shape index (κ1) is 19.2. The Morgan fingerprint density at radius 1 is 1.11 bits per heavy atom. The molecule has 10 nitrogen and oxygen atoms in total. The van der Waals surface area contributed by atoms with Crippen LogP contribution in [-0.4, -0.2) is 30.8 Å². The molecule has 1 aromatic heterocycles. The molecular formula is C16H19N5O5S. The van der Waals surface area contributed by atoms with E-state index in [1.165, 1.54) is 36.4 Å². The van der Waals surface area contributed by atoms with Crippen LogP contribution in [0.25, 0.3) is 0 Å². The van der Waals surface area contributed by atoms with Crippen LogP contribution in [0.15, 0.2) is 56.3 Å². The number of azo groups is 1. The molecule has 1 fully saturated rings. The number of H-pyrrole nitrogens is 1. The van der Waals surface area contributed by atoms with Crippen molar-refractivity contribution in [2.45, 2.75) is 31.0 Å². The monoisotopic (exact) mass is 393 g/mol. The Morgan fingerprint density at radius 2 is 1.81 bits per heavy atom. The molecule has 0 bridgehead atoms. The van der Waals surface area contributed by atoms with E-state index in [4.69, 9.17) is 4.84 Å². The quantitative estimate of drug-likeness (QED) is 0.568. The summed E-state index contributed by atoms with van der Waals surface area (Å²) >= 11 is 0. The van der Waals surface area contributed by atoms with Crippen LogP contribution in [0.5, 0.6) is 5.88 Å². The highest BCUT2D eigenvalue weighted by Crippen LogP contribution is 2.25. The van der Waals surface area contributed by atoms with Gasteiger partial charge in [0.1, 0.15) is 11.9 Å². The molecule has 11 heteroatoms. The van der Waals surface area contributed by atoms with Crippen molar-refractivity contribution in [2.75, 3.05) is 0 Å². The number of hydrogen-bond acceptors (Lipinski definition) is 8. The van der Waals surface area contributed by atoms with Gasteiger partial charge in [0.2, 0.25) is 15.9 Å². The van der Waals surface area contributed by atoms with Gasteiger partial charge in [0.25, 0.3) is 5.56 Å². The standard InChI is InChI=1S/C16H19N5O5S/c1-9-10(2)20-26-16(9)21-27(24,25)12-5-3-11(4-6-12)18-19-13-7-8-14(22)17-15(13)23/h3-10,16,20-21H,1-2H3,(H2,17,22,23)/t9-,10+,16+/m1/s1. The number of rotatable bonds is 5. The highest BCUT2D eigenvalue weighted by molar-refractivity contribution is 7.89. The molecule has 2 heterocycles. The minimum Gasteiger partial charge on any atom is -0.493 e. The largest absolute Gasteiger partial charge is 0.493 e. The van der Waals surface area contributed by atoms with Crippen LogP contribution in [-0.2, 0) is 14.9 Å². The van der Waals surface area contributed by atoms with Gasteiger partial charge in [-0.15, -0.1) is 5.11 Å². The summed E-state index contributed by atoms with van der Waals surface area (Å²) in [7, 11) is -3.76. The molecule has 2 aromatic rings. The maximum atomic E-state index is 12.5. The van der Waals surface area contributed by atoms with Crippen molar-refractivity contribution in [1.82, 2.24) is 15.2 Å². The third-order valence-electron chi connectivity index (χ3n) is 4.22. The van der Waals surface area contributed by atoms with Crippen molar-refractivity contribution >= 4 is 21.4 Å². The molecule has 3 atom stereocenters. The van der Waals surface area contributed by atoms with Crippen molar-refractivity contribution in [3.63, 3.8) is 0 Å². The number of nitrogens with zero attached hydrogens (tertiary/aromatic N) is 2. The number of hydroxylamine groups is 1. The molecule has 1 saturated heterocycles. The molecule has 1 aliphatic heterocycles. The predicted molar refractivity (Wildman–Crippen MR) is 96.3 cm³/mol. The van der Waals surface area contributed by atoms with Crippen LogP contribution in [0.2, 0.25) is 0 Å². The summed E-state index contributed by atoms with van der Waals surface area (Å²) in [5, 5.41) is 17.3. The predicted octanol–water partition coefficient (Wildman–Crippen LogP) is 1.66. The topological polar surface area (TPSA) is 145 Å². The van der Waals surface area contributed by atoms with Gasteiger partial charge in [-0.3, -0.25) is 14.6 Å². The van der Waals surface area contributed by atoms with Gasteiger partial charge in [-0.25, -0.2) is 8.42 Å². The van der Waals surface area contributed by atoms with Crippen molar-refractivity contribution in [3.05, 3.63) is 46.8 Å². The summed E-state index contributed by atoms with van der Waals surface area (Å²) in [5.74, 6) is -0.430. The first-order valence-corrected chi connectivity index (χ1v) is 9.62. The first-order valence-electron chi connectivity index (χ1n) is 8.14. The van der Waals surface area contributed by atoms with Gasteiger partial charge in [0, 0.05) is 18.0 Å². The third-order valence-corrected chi connectivity index (χ3v) is 5.65. The highest BCUT2D eigenvalue weighted by atomic mass is 32.2. The van der Waals surface area contributed by atoms with Crippen LogP contribution in [0.3, 0.4) is 0 Å². The Balaban J connectivity index is 1.72. The van der Waals surface area contributed by atoms with Crippen molar-refractivity contribution in [1.29, 1.82) is 0 Å². The Hall–Kier alpha value is -2.60. The zero-order valence-electron chi connectivity index (χ0n) is 14.6. The number of hydrogen-bond donors (Lipinski definition) is 4. The maximum absolute atomic E-state index is 12.5. The summed E-state index contributed by atoms with van der Waals surface area (Å²) in [6.07, 6.45) is -0.660. The van der Waals surface area contributed by atoms with Crippen LogP contribution in [0, 0.1) is 5.92 Å². The van der Waals surface area contributed by atoms with Gasteiger partial charge in [-0.2, -0.15) is 15.3 Å². The Kier molecular flexibility index (Phi) is 5.37. The molecule has 0 radical (unpaired) electrons. The lowest BCUT2D eigenvalue weighted by molar-refractivity contribution is 0.0148. The summed E-state index contributed by atoms with van der Waals surface area (Å²) in [5.41, 5.74) is 2.75. The number of aromatic hydroxyl groups is 1. The maximum Gasteiger partial charge on any atom is 0.250 e. The summed E-state index contributed by atoms with van der Waals surface area (Å²) in [4.78, 5) is 18.5. The number of benzene rings is 1. The number of aromatic amines is 1. The number of aromatic nitrogens is 1. The van der Waals surface area contributed by atoms with Gasteiger partial charge < -0.3 is 5.11 Å². The van der Waals surface area contributed by atoms with E-state index in [1.54, 1.807) is 0 Å². The lowest BCUT2D eigenvalue weighted by Crippen LogP contribution is -2.38. The molecule has 4 N–H and O–H groups in total. The van der Waals surface area contributed by atoms with Gasteiger partial charge in [-0.1, -0.05) is 6.92 Å². The van der Waals surface area contributed by atoms with Gasteiger partial charge >= 0.3 is 0 Å². The zero-order valence-corrected chi connectivity index (χ0v) is 15.4. The molecule has 27 heavy (non-hydrogen) atoms. The molecule has 1 aliphatic rings. The molecule has 0 saturated carbocycles. The Bertz CT molecular complexity index is 1000. The fraction of sp³-hybridized carbons (Fsp3) is 0.312. The second-order valence-electron chi connectivity index (χ2n) is 6.18. The summed E-state index contributed by atoms with van der Waals surface area (Å²) in [6, 6.07) is 8.28. The second-order valence-corrected chi connectivity index (χ2v) is 7.89. The van der Waals surface area contributed by atoms with E-state index in [1.807, 2.05) is 13.8 Å². The second kappa shape index (κ2) is 7.56. The van der Waals surface area contributed by atoms with Crippen molar-refractivity contribution < 1.29 is 18.4 Å².